The summed E-state index contributed by atoms with van der Waals surface area (Å²) in [5.41, 5.74) is 0.0839. The Morgan fingerprint density at radius 3 is 3.00 bits per heavy atom. The van der Waals surface area contributed by atoms with Crippen molar-refractivity contribution < 1.29 is 18.8 Å². The third-order valence-electron chi connectivity index (χ3n) is 3.38. The Morgan fingerprint density at radius 2 is 2.38 bits per heavy atom. The molecular formula is C14H17FN2O4. The van der Waals surface area contributed by atoms with E-state index in [0.717, 1.165) is 12.5 Å². The molecule has 0 spiro atoms. The van der Waals surface area contributed by atoms with Gasteiger partial charge in [0.15, 0.2) is 11.6 Å². The van der Waals surface area contributed by atoms with E-state index >= 15 is 0 Å². The van der Waals surface area contributed by atoms with Crippen LogP contribution in [-0.2, 0) is 4.74 Å². The van der Waals surface area contributed by atoms with E-state index in [1.54, 1.807) is 6.08 Å². The fourth-order valence-electron chi connectivity index (χ4n) is 2.38. The van der Waals surface area contributed by atoms with Crippen LogP contribution in [0.4, 0.5) is 15.8 Å². The summed E-state index contributed by atoms with van der Waals surface area (Å²) in [5.74, 6) is -0.752. The van der Waals surface area contributed by atoms with Gasteiger partial charge in [-0.05, 0) is 6.42 Å². The molecule has 1 aromatic carbocycles. The van der Waals surface area contributed by atoms with Crippen molar-refractivity contribution in [2.45, 2.75) is 12.5 Å². The highest BCUT2D eigenvalue weighted by atomic mass is 19.1. The molecule has 0 N–H and O–H groups in total. The Kier molecular flexibility index (Phi) is 4.74. The SMILES string of the molecule is C=CCOC1CCN(c2cc(OC)c(F)cc2[N+](=O)[O-])C1. The van der Waals surface area contributed by atoms with Crippen molar-refractivity contribution in [3.8, 4) is 5.75 Å². The molecule has 0 aliphatic carbocycles. The molecule has 1 unspecified atom stereocenters. The summed E-state index contributed by atoms with van der Waals surface area (Å²) in [7, 11) is 1.33. The zero-order chi connectivity index (χ0) is 15.4. The summed E-state index contributed by atoms with van der Waals surface area (Å²) in [6.07, 6.45) is 2.40. The van der Waals surface area contributed by atoms with Gasteiger partial charge >= 0.3 is 0 Å². The van der Waals surface area contributed by atoms with Gasteiger partial charge in [0.05, 0.1) is 30.8 Å². The normalized spacial score (nSPS) is 17.8. The summed E-state index contributed by atoms with van der Waals surface area (Å²) in [4.78, 5) is 12.3. The van der Waals surface area contributed by atoms with Crippen LogP contribution in [-0.4, -0.2) is 37.8 Å². The van der Waals surface area contributed by atoms with Gasteiger partial charge in [0.2, 0.25) is 0 Å². The lowest BCUT2D eigenvalue weighted by Gasteiger charge is -2.19. The first-order chi connectivity index (χ1) is 10.1. The molecule has 6 nitrogen and oxygen atoms in total. The first kappa shape index (κ1) is 15.2. The van der Waals surface area contributed by atoms with Gasteiger partial charge in [0.25, 0.3) is 5.69 Å². The summed E-state index contributed by atoms with van der Waals surface area (Å²) < 4.78 is 24.1. The van der Waals surface area contributed by atoms with Crippen molar-refractivity contribution in [2.24, 2.45) is 0 Å². The number of nitro benzene ring substituents is 1. The highest BCUT2D eigenvalue weighted by molar-refractivity contribution is 5.66. The lowest BCUT2D eigenvalue weighted by atomic mass is 10.2. The molecule has 1 fully saturated rings. The largest absolute Gasteiger partial charge is 0.494 e. The van der Waals surface area contributed by atoms with Crippen LogP contribution in [0.15, 0.2) is 24.8 Å². The predicted molar refractivity (Wildman–Crippen MR) is 76.4 cm³/mol. The van der Waals surface area contributed by atoms with E-state index in [4.69, 9.17) is 9.47 Å². The first-order valence-electron chi connectivity index (χ1n) is 6.56. The summed E-state index contributed by atoms with van der Waals surface area (Å²) >= 11 is 0. The molecule has 1 aromatic rings. The van der Waals surface area contributed by atoms with Gasteiger partial charge in [-0.25, -0.2) is 4.39 Å². The number of halogens is 1. The maximum absolute atomic E-state index is 13.6. The Balaban J connectivity index is 2.26. The van der Waals surface area contributed by atoms with Crippen LogP contribution >= 0.6 is 0 Å². The standard InChI is InChI=1S/C14H17FN2O4/c1-3-6-21-10-4-5-16(9-10)12-8-14(20-2)11(15)7-13(12)17(18)19/h3,7-8,10H,1,4-6,9H2,2H3. The van der Waals surface area contributed by atoms with E-state index in [0.29, 0.717) is 25.4 Å². The highest BCUT2D eigenvalue weighted by Crippen LogP contribution is 2.36. The molecule has 0 amide bonds. The molecule has 21 heavy (non-hydrogen) atoms. The fourth-order valence-corrected chi connectivity index (χ4v) is 2.38. The third-order valence-corrected chi connectivity index (χ3v) is 3.38. The molecular weight excluding hydrogens is 279 g/mol. The Labute approximate surface area is 121 Å². The quantitative estimate of drug-likeness (QED) is 0.458. The highest BCUT2D eigenvalue weighted by Gasteiger charge is 2.29. The topological polar surface area (TPSA) is 64.8 Å². The summed E-state index contributed by atoms with van der Waals surface area (Å²) in [5, 5.41) is 11.1. The number of anilines is 1. The van der Waals surface area contributed by atoms with Crippen molar-refractivity contribution in [1.29, 1.82) is 0 Å². The molecule has 0 saturated carbocycles. The monoisotopic (exact) mass is 296 g/mol. The first-order valence-corrected chi connectivity index (χ1v) is 6.56. The summed E-state index contributed by atoms with van der Waals surface area (Å²) in [6.45, 7) is 5.15. The maximum Gasteiger partial charge on any atom is 0.295 e. The number of ether oxygens (including phenoxy) is 2. The number of nitro groups is 1. The lowest BCUT2D eigenvalue weighted by molar-refractivity contribution is -0.384. The Hall–Kier alpha value is -2.15. The summed E-state index contributed by atoms with van der Waals surface area (Å²) in [6, 6.07) is 2.26. The number of rotatable bonds is 6. The molecule has 1 saturated heterocycles. The maximum atomic E-state index is 13.6. The number of benzene rings is 1. The lowest BCUT2D eigenvalue weighted by Crippen LogP contribution is -2.23. The van der Waals surface area contributed by atoms with Crippen molar-refractivity contribution >= 4 is 11.4 Å². The van der Waals surface area contributed by atoms with Gasteiger partial charge in [-0.2, -0.15) is 0 Å². The van der Waals surface area contributed by atoms with Gasteiger partial charge < -0.3 is 14.4 Å². The zero-order valence-electron chi connectivity index (χ0n) is 11.8. The second kappa shape index (κ2) is 6.53. The van der Waals surface area contributed by atoms with Gasteiger partial charge in [0.1, 0.15) is 5.69 Å². The predicted octanol–water partition coefficient (Wildman–Crippen LogP) is 2.52. The van der Waals surface area contributed by atoms with Crippen LogP contribution in [0.1, 0.15) is 6.42 Å². The second-order valence-electron chi connectivity index (χ2n) is 4.71. The van der Waals surface area contributed by atoms with Crippen LogP contribution in [0, 0.1) is 15.9 Å². The van der Waals surface area contributed by atoms with Crippen LogP contribution in [0.25, 0.3) is 0 Å². The van der Waals surface area contributed by atoms with E-state index in [2.05, 4.69) is 6.58 Å². The molecule has 0 bridgehead atoms. The Morgan fingerprint density at radius 1 is 1.62 bits per heavy atom. The number of nitrogens with zero attached hydrogens (tertiary/aromatic N) is 2. The van der Waals surface area contributed by atoms with Crippen LogP contribution < -0.4 is 9.64 Å². The van der Waals surface area contributed by atoms with E-state index in [1.807, 2.05) is 4.90 Å². The average Bonchev–Trinajstić information content (AvgIpc) is 2.93. The van der Waals surface area contributed by atoms with Gasteiger partial charge in [-0.3, -0.25) is 10.1 Å². The van der Waals surface area contributed by atoms with E-state index in [-0.39, 0.29) is 17.5 Å². The number of methoxy groups -OCH3 is 1. The minimum absolute atomic E-state index is 0.00828. The molecule has 1 atom stereocenters. The van der Waals surface area contributed by atoms with Crippen LogP contribution in [0.3, 0.4) is 0 Å². The third kappa shape index (κ3) is 3.30. The van der Waals surface area contributed by atoms with E-state index in [9.17, 15) is 14.5 Å². The minimum Gasteiger partial charge on any atom is -0.494 e. The average molecular weight is 296 g/mol. The molecule has 2 rings (SSSR count). The molecule has 1 aliphatic heterocycles. The van der Waals surface area contributed by atoms with Crippen LogP contribution in [0.2, 0.25) is 0 Å². The van der Waals surface area contributed by atoms with Gasteiger partial charge in [0, 0.05) is 19.2 Å². The molecule has 0 radical (unpaired) electrons. The number of hydrogen-bond donors (Lipinski definition) is 0. The van der Waals surface area contributed by atoms with Crippen molar-refractivity contribution in [3.63, 3.8) is 0 Å². The van der Waals surface area contributed by atoms with Crippen LogP contribution in [0.5, 0.6) is 5.75 Å². The molecule has 1 aliphatic rings. The van der Waals surface area contributed by atoms with Gasteiger partial charge in [-0.1, -0.05) is 6.08 Å². The number of hydrogen-bond acceptors (Lipinski definition) is 5. The van der Waals surface area contributed by atoms with Crippen molar-refractivity contribution in [3.05, 3.63) is 40.7 Å². The van der Waals surface area contributed by atoms with E-state index in [1.165, 1.54) is 13.2 Å². The smallest absolute Gasteiger partial charge is 0.295 e. The molecule has 114 valence electrons. The van der Waals surface area contributed by atoms with Crippen molar-refractivity contribution in [2.75, 3.05) is 31.7 Å². The van der Waals surface area contributed by atoms with E-state index < -0.39 is 10.7 Å². The molecule has 1 heterocycles. The van der Waals surface area contributed by atoms with Crippen molar-refractivity contribution in [1.82, 2.24) is 0 Å². The zero-order valence-corrected chi connectivity index (χ0v) is 11.8. The van der Waals surface area contributed by atoms with Gasteiger partial charge in [-0.15, -0.1) is 6.58 Å². The fraction of sp³-hybridized carbons (Fsp3) is 0.429. The Bertz CT molecular complexity index is 550. The molecule has 7 heteroatoms. The molecule has 0 aromatic heterocycles. The second-order valence-corrected chi connectivity index (χ2v) is 4.71. The minimum atomic E-state index is -0.744.